The second kappa shape index (κ2) is 9.70. The van der Waals surface area contributed by atoms with Crippen LogP contribution in [0.3, 0.4) is 0 Å². The molecule has 1 aromatic carbocycles. The first-order valence-corrected chi connectivity index (χ1v) is 8.28. The molecule has 6 nitrogen and oxygen atoms in total. The van der Waals surface area contributed by atoms with Crippen LogP contribution in [0.2, 0.25) is 0 Å². The van der Waals surface area contributed by atoms with Gasteiger partial charge in [0.05, 0.1) is 0 Å². The minimum Gasteiger partial charge on any atom is -0.481 e. The zero-order valence-corrected chi connectivity index (χ0v) is 14.3. The maximum Gasteiger partial charge on any atom is 0.315 e. The van der Waals surface area contributed by atoms with Crippen LogP contribution in [0.25, 0.3) is 0 Å². The van der Waals surface area contributed by atoms with Gasteiger partial charge in [-0.1, -0.05) is 37.3 Å². The van der Waals surface area contributed by atoms with Crippen molar-refractivity contribution in [2.45, 2.75) is 44.9 Å². The molecule has 0 fully saturated rings. The van der Waals surface area contributed by atoms with E-state index >= 15 is 0 Å². The van der Waals surface area contributed by atoms with Gasteiger partial charge in [0.25, 0.3) is 0 Å². The topological polar surface area (TPSA) is 95.5 Å². The molecule has 132 valence electrons. The monoisotopic (exact) mass is 334 g/mol. The fourth-order valence-electron chi connectivity index (χ4n) is 2.57. The first-order valence-electron chi connectivity index (χ1n) is 8.28. The predicted octanol–water partition coefficient (Wildman–Crippen LogP) is 1.84. The fourth-order valence-corrected chi connectivity index (χ4v) is 2.57. The van der Waals surface area contributed by atoms with Gasteiger partial charge < -0.3 is 15.7 Å². The number of benzene rings is 1. The molecule has 0 aliphatic heterocycles. The lowest BCUT2D eigenvalue weighted by Crippen LogP contribution is -2.46. The molecule has 2 amide bonds. The molecule has 0 aliphatic carbocycles. The summed E-state index contributed by atoms with van der Waals surface area (Å²) >= 11 is 0. The summed E-state index contributed by atoms with van der Waals surface area (Å²) in [5.74, 6) is -1.28. The SMILES string of the molecule is CCNC(=O)CCCC(=O)NCC(CC)(C(=O)O)c1ccccc1. The van der Waals surface area contributed by atoms with Gasteiger partial charge in [0.2, 0.25) is 11.8 Å². The number of carboxylic acid groups (broad SMARTS) is 1. The largest absolute Gasteiger partial charge is 0.481 e. The maximum absolute atomic E-state index is 12.0. The van der Waals surface area contributed by atoms with E-state index in [1.807, 2.05) is 13.0 Å². The molecule has 0 radical (unpaired) electrons. The number of hydrogen-bond acceptors (Lipinski definition) is 3. The lowest BCUT2D eigenvalue weighted by atomic mass is 9.78. The molecule has 1 aromatic rings. The molecular weight excluding hydrogens is 308 g/mol. The third-order valence-corrected chi connectivity index (χ3v) is 4.11. The average Bonchev–Trinajstić information content (AvgIpc) is 2.57. The zero-order valence-electron chi connectivity index (χ0n) is 14.3. The number of rotatable bonds is 10. The smallest absolute Gasteiger partial charge is 0.315 e. The van der Waals surface area contributed by atoms with Gasteiger partial charge >= 0.3 is 5.97 Å². The molecule has 0 saturated carbocycles. The molecule has 6 heteroatoms. The van der Waals surface area contributed by atoms with E-state index in [1.165, 1.54) is 0 Å². The molecule has 1 unspecified atom stereocenters. The summed E-state index contributed by atoms with van der Waals surface area (Å²) in [5, 5.41) is 15.1. The standard InChI is InChI=1S/C18H26N2O4/c1-3-18(17(23)24,14-9-6-5-7-10-14)13-20-16(22)12-8-11-15(21)19-4-2/h5-7,9-10H,3-4,8,11-13H2,1-2H3,(H,19,21)(H,20,22)(H,23,24). The van der Waals surface area contributed by atoms with Gasteiger partial charge in [-0.25, -0.2) is 0 Å². The van der Waals surface area contributed by atoms with Crippen LogP contribution in [0.5, 0.6) is 0 Å². The van der Waals surface area contributed by atoms with E-state index in [2.05, 4.69) is 10.6 Å². The Bertz CT molecular complexity index is 559. The summed E-state index contributed by atoms with van der Waals surface area (Å²) in [4.78, 5) is 35.1. The van der Waals surface area contributed by atoms with Crippen molar-refractivity contribution < 1.29 is 19.5 Å². The zero-order chi connectivity index (χ0) is 18.0. The highest BCUT2D eigenvalue weighted by Crippen LogP contribution is 2.27. The number of nitrogens with one attached hydrogen (secondary N) is 2. The van der Waals surface area contributed by atoms with Crippen LogP contribution < -0.4 is 10.6 Å². The lowest BCUT2D eigenvalue weighted by molar-refractivity contribution is -0.144. The Labute approximate surface area is 142 Å². The normalized spacial score (nSPS) is 12.9. The molecule has 1 atom stereocenters. The van der Waals surface area contributed by atoms with Gasteiger partial charge in [-0.3, -0.25) is 14.4 Å². The molecule has 0 aromatic heterocycles. The van der Waals surface area contributed by atoms with Crippen molar-refractivity contribution in [3.05, 3.63) is 35.9 Å². The molecule has 0 spiro atoms. The number of aliphatic carboxylic acids is 1. The number of hydrogen-bond donors (Lipinski definition) is 3. The number of carbonyl (C=O) groups is 3. The van der Waals surface area contributed by atoms with E-state index in [4.69, 9.17) is 0 Å². The Morgan fingerprint density at radius 1 is 1.00 bits per heavy atom. The summed E-state index contributed by atoms with van der Waals surface area (Å²) < 4.78 is 0. The van der Waals surface area contributed by atoms with E-state index in [1.54, 1.807) is 31.2 Å². The van der Waals surface area contributed by atoms with Crippen LogP contribution in [0.4, 0.5) is 0 Å². The van der Waals surface area contributed by atoms with Crippen molar-refractivity contribution in [1.29, 1.82) is 0 Å². The summed E-state index contributed by atoms with van der Waals surface area (Å²) in [7, 11) is 0. The lowest BCUT2D eigenvalue weighted by Gasteiger charge is -2.29. The van der Waals surface area contributed by atoms with Gasteiger partial charge in [-0.05, 0) is 25.3 Å². The second-order valence-electron chi connectivity index (χ2n) is 5.69. The summed E-state index contributed by atoms with van der Waals surface area (Å²) in [6.07, 6.45) is 1.30. The Morgan fingerprint density at radius 3 is 2.08 bits per heavy atom. The van der Waals surface area contributed by atoms with Crippen LogP contribution in [0.1, 0.15) is 45.1 Å². The van der Waals surface area contributed by atoms with Crippen molar-refractivity contribution in [2.24, 2.45) is 0 Å². The highest BCUT2D eigenvalue weighted by molar-refractivity contribution is 5.84. The van der Waals surface area contributed by atoms with Crippen molar-refractivity contribution >= 4 is 17.8 Å². The fraction of sp³-hybridized carbons (Fsp3) is 0.500. The van der Waals surface area contributed by atoms with Gasteiger partial charge in [0.1, 0.15) is 5.41 Å². The molecule has 0 aliphatic rings. The van der Waals surface area contributed by atoms with E-state index < -0.39 is 11.4 Å². The number of carboxylic acids is 1. The third-order valence-electron chi connectivity index (χ3n) is 4.11. The molecule has 1 rings (SSSR count). The van der Waals surface area contributed by atoms with Crippen molar-refractivity contribution in [3.63, 3.8) is 0 Å². The molecule has 3 N–H and O–H groups in total. The van der Waals surface area contributed by atoms with Crippen LogP contribution >= 0.6 is 0 Å². The summed E-state index contributed by atoms with van der Waals surface area (Å²) in [6, 6.07) is 8.93. The molecule has 24 heavy (non-hydrogen) atoms. The maximum atomic E-state index is 12.0. The minimum absolute atomic E-state index is 0.0306. The number of carbonyl (C=O) groups excluding carboxylic acids is 2. The van der Waals surface area contributed by atoms with Crippen LogP contribution in [0.15, 0.2) is 30.3 Å². The average molecular weight is 334 g/mol. The molecule has 0 heterocycles. The van der Waals surface area contributed by atoms with Gasteiger partial charge in [0.15, 0.2) is 0 Å². The van der Waals surface area contributed by atoms with E-state index in [0.717, 1.165) is 0 Å². The number of amides is 2. The molecule has 0 saturated heterocycles. The van der Waals surface area contributed by atoms with Gasteiger partial charge in [-0.2, -0.15) is 0 Å². The Balaban J connectivity index is 2.62. The van der Waals surface area contributed by atoms with E-state index in [9.17, 15) is 19.5 Å². The van der Waals surface area contributed by atoms with Crippen molar-refractivity contribution in [1.82, 2.24) is 10.6 Å². The Kier molecular flexibility index (Phi) is 7.95. The van der Waals surface area contributed by atoms with Gasteiger partial charge in [-0.15, -0.1) is 0 Å². The first-order chi connectivity index (χ1) is 11.5. The third kappa shape index (κ3) is 5.37. The van der Waals surface area contributed by atoms with Crippen molar-refractivity contribution in [3.8, 4) is 0 Å². The Morgan fingerprint density at radius 2 is 1.58 bits per heavy atom. The first kappa shape index (κ1) is 19.7. The molecular formula is C18H26N2O4. The summed E-state index contributed by atoms with van der Waals surface area (Å²) in [6.45, 7) is 4.23. The minimum atomic E-state index is -1.14. The van der Waals surface area contributed by atoms with Gasteiger partial charge in [0, 0.05) is 25.9 Å². The highest BCUT2D eigenvalue weighted by Gasteiger charge is 2.38. The quantitative estimate of drug-likeness (QED) is 0.608. The van der Waals surface area contributed by atoms with Crippen LogP contribution in [-0.2, 0) is 19.8 Å². The van der Waals surface area contributed by atoms with Crippen LogP contribution in [0, 0.1) is 0 Å². The van der Waals surface area contributed by atoms with E-state index in [-0.39, 0.29) is 31.2 Å². The molecule has 0 bridgehead atoms. The predicted molar refractivity (Wildman–Crippen MR) is 91.6 cm³/mol. The van der Waals surface area contributed by atoms with E-state index in [0.29, 0.717) is 24.9 Å². The second-order valence-corrected chi connectivity index (χ2v) is 5.69. The Hall–Kier alpha value is -2.37. The summed E-state index contributed by atoms with van der Waals surface area (Å²) in [5.41, 5.74) is -0.473. The highest BCUT2D eigenvalue weighted by atomic mass is 16.4. The van der Waals surface area contributed by atoms with Crippen LogP contribution in [-0.4, -0.2) is 36.0 Å². The van der Waals surface area contributed by atoms with Crippen molar-refractivity contribution in [2.75, 3.05) is 13.1 Å².